The van der Waals surface area contributed by atoms with Gasteiger partial charge in [-0.05, 0) is 24.3 Å². The quantitative estimate of drug-likeness (QED) is 0.849. The van der Waals surface area contributed by atoms with Crippen LogP contribution in [0.15, 0.2) is 54.6 Å². The number of carbonyl (C=O) groups is 3. The number of nitrogens with one attached hydrogen (secondary N) is 1. The third-order valence-corrected chi connectivity index (χ3v) is 3.43. The van der Waals surface area contributed by atoms with Gasteiger partial charge in [-0.15, -0.1) is 0 Å². The van der Waals surface area contributed by atoms with Crippen molar-refractivity contribution in [1.82, 2.24) is 4.90 Å². The molecule has 0 radical (unpaired) electrons. The number of esters is 1. The van der Waals surface area contributed by atoms with Gasteiger partial charge in [-0.3, -0.25) is 9.59 Å². The number of amides is 2. The van der Waals surface area contributed by atoms with Gasteiger partial charge in [-0.25, -0.2) is 4.79 Å². The lowest BCUT2D eigenvalue weighted by Gasteiger charge is -2.21. The van der Waals surface area contributed by atoms with Gasteiger partial charge < -0.3 is 15.0 Å². The first-order valence-electron chi connectivity index (χ1n) is 7.73. The van der Waals surface area contributed by atoms with Gasteiger partial charge in [0.15, 0.2) is 0 Å². The van der Waals surface area contributed by atoms with Crippen molar-refractivity contribution in [1.29, 1.82) is 0 Å². The Hall–Kier alpha value is -3.15. The summed E-state index contributed by atoms with van der Waals surface area (Å²) in [6, 6.07) is 15.1. The van der Waals surface area contributed by atoms with Crippen molar-refractivity contribution in [3.05, 3.63) is 65.7 Å². The summed E-state index contributed by atoms with van der Waals surface area (Å²) in [6.07, 6.45) is -1.02. The summed E-state index contributed by atoms with van der Waals surface area (Å²) in [6.45, 7) is 1.40. The molecular weight excluding hydrogens is 320 g/mol. The van der Waals surface area contributed by atoms with E-state index >= 15 is 0 Å². The first kappa shape index (κ1) is 18.2. The van der Waals surface area contributed by atoms with Crippen LogP contribution in [0.3, 0.4) is 0 Å². The second-order valence-electron chi connectivity index (χ2n) is 5.69. The fraction of sp³-hybridized carbons (Fsp3) is 0.211. The molecule has 130 valence electrons. The zero-order valence-corrected chi connectivity index (χ0v) is 14.4. The minimum absolute atomic E-state index is 0.198. The highest BCUT2D eigenvalue weighted by atomic mass is 16.5. The molecule has 0 spiro atoms. The Balaban J connectivity index is 2.19. The molecule has 0 aliphatic rings. The monoisotopic (exact) mass is 340 g/mol. The molecule has 0 saturated heterocycles. The predicted molar refractivity (Wildman–Crippen MR) is 94.0 cm³/mol. The van der Waals surface area contributed by atoms with E-state index in [0.717, 1.165) is 0 Å². The number of likely N-dealkylation sites (N-methyl/N-ethyl adjacent to an activating group) is 1. The number of anilines is 1. The third kappa shape index (κ3) is 4.91. The molecule has 2 rings (SSSR count). The average molecular weight is 340 g/mol. The van der Waals surface area contributed by atoms with E-state index in [0.29, 0.717) is 16.8 Å². The number of hydrogen-bond donors (Lipinski definition) is 1. The van der Waals surface area contributed by atoms with Crippen LogP contribution in [0.1, 0.15) is 28.9 Å². The molecule has 25 heavy (non-hydrogen) atoms. The van der Waals surface area contributed by atoms with E-state index in [2.05, 4.69) is 5.32 Å². The largest absolute Gasteiger partial charge is 0.444 e. The third-order valence-electron chi connectivity index (χ3n) is 3.43. The Morgan fingerprint density at radius 2 is 1.56 bits per heavy atom. The summed E-state index contributed by atoms with van der Waals surface area (Å²) in [5, 5.41) is 2.62. The summed E-state index contributed by atoms with van der Waals surface area (Å²) in [5.41, 5.74) is 1.47. The summed E-state index contributed by atoms with van der Waals surface area (Å²) >= 11 is 0. The zero-order chi connectivity index (χ0) is 18.4. The molecule has 6 nitrogen and oxygen atoms in total. The molecule has 2 aromatic rings. The standard InChI is InChI=1S/C19H20N2O4/c1-13(22)20-16-11-9-15(10-12-16)19(24)25-17(18(23)21(2)3)14-7-5-4-6-8-14/h4-12,17H,1-3H3,(H,20,22)/t17-/m0/s1. The van der Waals surface area contributed by atoms with Crippen molar-refractivity contribution in [2.75, 3.05) is 19.4 Å². The lowest BCUT2D eigenvalue weighted by atomic mass is 10.1. The maximum atomic E-state index is 12.4. The maximum absolute atomic E-state index is 12.4. The zero-order valence-electron chi connectivity index (χ0n) is 14.4. The average Bonchev–Trinajstić information content (AvgIpc) is 2.59. The van der Waals surface area contributed by atoms with Crippen molar-refractivity contribution in [3.63, 3.8) is 0 Å². The van der Waals surface area contributed by atoms with Gasteiger partial charge in [0.25, 0.3) is 5.91 Å². The van der Waals surface area contributed by atoms with Crippen LogP contribution in [-0.4, -0.2) is 36.8 Å². The van der Waals surface area contributed by atoms with Crippen LogP contribution in [0.4, 0.5) is 5.69 Å². The highest BCUT2D eigenvalue weighted by molar-refractivity contribution is 5.94. The number of rotatable bonds is 5. The van der Waals surface area contributed by atoms with Crippen LogP contribution >= 0.6 is 0 Å². The van der Waals surface area contributed by atoms with Gasteiger partial charge in [-0.1, -0.05) is 30.3 Å². The Labute approximate surface area is 146 Å². The fourth-order valence-corrected chi connectivity index (χ4v) is 2.19. The topological polar surface area (TPSA) is 75.7 Å². The van der Waals surface area contributed by atoms with Gasteiger partial charge in [0.1, 0.15) is 0 Å². The molecule has 6 heteroatoms. The summed E-state index contributed by atoms with van der Waals surface area (Å²) in [5.74, 6) is -1.14. The number of carbonyl (C=O) groups excluding carboxylic acids is 3. The molecule has 0 saturated carbocycles. The van der Waals surface area contributed by atoms with Crippen LogP contribution in [0.5, 0.6) is 0 Å². The van der Waals surface area contributed by atoms with Crippen LogP contribution in [0.25, 0.3) is 0 Å². The Morgan fingerprint density at radius 3 is 2.08 bits per heavy atom. The van der Waals surface area contributed by atoms with E-state index in [1.807, 2.05) is 6.07 Å². The molecule has 2 amide bonds. The summed E-state index contributed by atoms with van der Waals surface area (Å²) in [4.78, 5) is 37.2. The van der Waals surface area contributed by atoms with Gasteiger partial charge in [0.2, 0.25) is 12.0 Å². The molecule has 0 aromatic heterocycles. The lowest BCUT2D eigenvalue weighted by molar-refractivity contribution is -0.138. The smallest absolute Gasteiger partial charge is 0.339 e. The molecule has 0 unspecified atom stereocenters. The summed E-state index contributed by atoms with van der Waals surface area (Å²) in [7, 11) is 3.21. The Kier molecular flexibility index (Phi) is 5.89. The number of hydrogen-bond acceptors (Lipinski definition) is 4. The summed E-state index contributed by atoms with van der Waals surface area (Å²) < 4.78 is 5.45. The first-order chi connectivity index (χ1) is 11.9. The molecule has 2 aromatic carbocycles. The fourth-order valence-electron chi connectivity index (χ4n) is 2.19. The molecule has 0 heterocycles. The van der Waals surface area contributed by atoms with Gasteiger partial charge in [0.05, 0.1) is 5.56 Å². The van der Waals surface area contributed by atoms with Crippen molar-refractivity contribution >= 4 is 23.5 Å². The Morgan fingerprint density at radius 1 is 0.960 bits per heavy atom. The molecular formula is C19H20N2O4. The van der Waals surface area contributed by atoms with Crippen LogP contribution in [-0.2, 0) is 14.3 Å². The van der Waals surface area contributed by atoms with Crippen LogP contribution < -0.4 is 5.32 Å². The minimum Gasteiger partial charge on any atom is -0.444 e. The molecule has 0 aliphatic heterocycles. The van der Waals surface area contributed by atoms with Crippen LogP contribution in [0.2, 0.25) is 0 Å². The maximum Gasteiger partial charge on any atom is 0.339 e. The minimum atomic E-state index is -1.02. The molecule has 0 bridgehead atoms. The van der Waals surface area contributed by atoms with Gasteiger partial charge in [0, 0.05) is 32.3 Å². The normalized spacial score (nSPS) is 11.3. The number of ether oxygens (including phenoxy) is 1. The van der Waals surface area contributed by atoms with Crippen molar-refractivity contribution in [3.8, 4) is 0 Å². The van der Waals surface area contributed by atoms with Crippen molar-refractivity contribution in [2.24, 2.45) is 0 Å². The van der Waals surface area contributed by atoms with E-state index < -0.39 is 12.1 Å². The van der Waals surface area contributed by atoms with Crippen molar-refractivity contribution in [2.45, 2.75) is 13.0 Å². The van der Waals surface area contributed by atoms with E-state index in [1.165, 1.54) is 24.0 Å². The van der Waals surface area contributed by atoms with Gasteiger partial charge in [-0.2, -0.15) is 0 Å². The second kappa shape index (κ2) is 8.10. The van der Waals surface area contributed by atoms with E-state index in [4.69, 9.17) is 4.74 Å². The predicted octanol–water partition coefficient (Wildman–Crippen LogP) is 2.63. The molecule has 1 atom stereocenters. The molecule has 0 aliphatic carbocycles. The number of benzene rings is 2. The Bertz CT molecular complexity index is 755. The SMILES string of the molecule is CC(=O)Nc1ccc(C(=O)O[C@H](C(=O)N(C)C)c2ccccc2)cc1. The molecule has 1 N–H and O–H groups in total. The second-order valence-corrected chi connectivity index (χ2v) is 5.69. The van der Waals surface area contributed by atoms with E-state index in [-0.39, 0.29) is 11.8 Å². The number of nitrogens with zero attached hydrogens (tertiary/aromatic N) is 1. The lowest BCUT2D eigenvalue weighted by Crippen LogP contribution is -2.31. The van der Waals surface area contributed by atoms with Gasteiger partial charge >= 0.3 is 5.97 Å². The first-order valence-corrected chi connectivity index (χ1v) is 7.73. The molecule has 0 fully saturated rings. The van der Waals surface area contributed by atoms with Crippen LogP contribution in [0, 0.1) is 0 Å². The van der Waals surface area contributed by atoms with Crippen molar-refractivity contribution < 1.29 is 19.1 Å². The van der Waals surface area contributed by atoms with E-state index in [9.17, 15) is 14.4 Å². The highest BCUT2D eigenvalue weighted by Gasteiger charge is 2.26. The van der Waals surface area contributed by atoms with E-state index in [1.54, 1.807) is 50.5 Å². The highest BCUT2D eigenvalue weighted by Crippen LogP contribution is 2.21.